The number of morpholine rings is 1. The zero-order valence-electron chi connectivity index (χ0n) is 14.3. The van der Waals surface area contributed by atoms with E-state index in [1.54, 1.807) is 30.3 Å². The number of rotatable bonds is 4. The number of benzene rings is 2. The summed E-state index contributed by atoms with van der Waals surface area (Å²) in [4.78, 5) is 2.51. The minimum atomic E-state index is -2.44. The van der Waals surface area contributed by atoms with Gasteiger partial charge in [-0.1, -0.05) is 23.9 Å². The molecule has 0 saturated carbocycles. The van der Waals surface area contributed by atoms with Gasteiger partial charge in [-0.05, 0) is 54.2 Å². The van der Waals surface area contributed by atoms with E-state index in [4.69, 9.17) is 22.2 Å². The highest BCUT2D eigenvalue weighted by atomic mass is 32.2. The highest BCUT2D eigenvalue weighted by molar-refractivity contribution is 7.99. The maximum absolute atomic E-state index is 12.4. The van der Waals surface area contributed by atoms with Gasteiger partial charge in [-0.2, -0.15) is 14.0 Å². The van der Waals surface area contributed by atoms with Gasteiger partial charge in [-0.25, -0.2) is 0 Å². The normalized spacial score (nSPS) is 16.8. The van der Waals surface area contributed by atoms with E-state index in [1.807, 2.05) is 23.1 Å². The number of anilines is 1. The van der Waals surface area contributed by atoms with E-state index in [9.17, 15) is 8.78 Å². The molecule has 140 valence electrons. The van der Waals surface area contributed by atoms with Crippen molar-refractivity contribution in [3.05, 3.63) is 59.7 Å². The third-order valence-electron chi connectivity index (χ3n) is 4.07. The summed E-state index contributed by atoms with van der Waals surface area (Å²) < 4.78 is 30.6. The summed E-state index contributed by atoms with van der Waals surface area (Å²) >= 11 is 6.00. The van der Waals surface area contributed by atoms with Crippen LogP contribution in [-0.4, -0.2) is 35.5 Å². The third-order valence-corrected chi connectivity index (χ3v) is 5.15. The molecule has 0 aromatic heterocycles. The molecule has 1 N–H and O–H groups in total. The van der Waals surface area contributed by atoms with E-state index in [0.29, 0.717) is 47.0 Å². The van der Waals surface area contributed by atoms with Gasteiger partial charge in [0.1, 0.15) is 6.10 Å². The van der Waals surface area contributed by atoms with Gasteiger partial charge in [0, 0.05) is 17.1 Å². The molecule has 0 spiro atoms. The highest BCUT2D eigenvalue weighted by Crippen LogP contribution is 2.27. The van der Waals surface area contributed by atoms with Crippen molar-refractivity contribution in [3.8, 4) is 6.07 Å². The number of nitrogens with zero attached hydrogens (tertiary/aromatic N) is 2. The molecule has 4 nitrogen and oxygen atoms in total. The summed E-state index contributed by atoms with van der Waals surface area (Å²) in [5, 5.41) is 12.7. The van der Waals surface area contributed by atoms with Crippen molar-refractivity contribution in [2.24, 2.45) is 0 Å². The van der Waals surface area contributed by atoms with Crippen molar-refractivity contribution in [3.63, 3.8) is 0 Å². The van der Waals surface area contributed by atoms with Crippen LogP contribution in [0.2, 0.25) is 0 Å². The maximum atomic E-state index is 12.4. The van der Waals surface area contributed by atoms with E-state index < -0.39 is 5.76 Å². The number of thiocarbonyl (C=S) groups is 1. The number of alkyl halides is 2. The lowest BCUT2D eigenvalue weighted by atomic mass is 10.1. The minimum Gasteiger partial charge on any atom is -0.370 e. The van der Waals surface area contributed by atoms with Gasteiger partial charge >= 0.3 is 0 Å². The first-order valence-electron chi connectivity index (χ1n) is 8.27. The number of hydrogen-bond donors (Lipinski definition) is 1. The van der Waals surface area contributed by atoms with Gasteiger partial charge in [0.25, 0.3) is 5.76 Å². The molecular formula is C19H17F2N3OS2. The van der Waals surface area contributed by atoms with Crippen LogP contribution in [0.5, 0.6) is 0 Å². The largest absolute Gasteiger partial charge is 0.370 e. The van der Waals surface area contributed by atoms with Crippen molar-refractivity contribution < 1.29 is 13.5 Å². The molecule has 1 fully saturated rings. The fourth-order valence-corrected chi connectivity index (χ4v) is 3.55. The Balaban J connectivity index is 1.62. The molecular weight excluding hydrogens is 388 g/mol. The van der Waals surface area contributed by atoms with E-state index in [1.165, 1.54) is 0 Å². The standard InChI is InChI=1S/C19H17F2N3OS2/c20-18(21)27-16-6-4-15(5-7-16)23-19(26)24-8-9-25-17(12-24)14-3-1-2-13(10-14)11-22/h1-7,10,17-18H,8-9,12H2,(H,23,26). The van der Waals surface area contributed by atoms with Crippen LogP contribution in [0.4, 0.5) is 14.5 Å². The zero-order chi connectivity index (χ0) is 19.2. The topological polar surface area (TPSA) is 48.3 Å². The molecule has 1 atom stereocenters. The lowest BCUT2D eigenvalue weighted by molar-refractivity contribution is -0.00614. The lowest BCUT2D eigenvalue weighted by Gasteiger charge is -2.35. The van der Waals surface area contributed by atoms with Gasteiger partial charge in [0.15, 0.2) is 5.11 Å². The number of ether oxygens (including phenoxy) is 1. The Labute approximate surface area is 166 Å². The molecule has 0 aliphatic carbocycles. The Kier molecular flexibility index (Phi) is 6.61. The van der Waals surface area contributed by atoms with E-state index >= 15 is 0 Å². The number of hydrogen-bond acceptors (Lipinski definition) is 4. The first-order valence-corrected chi connectivity index (χ1v) is 9.56. The molecule has 27 heavy (non-hydrogen) atoms. The molecule has 0 amide bonds. The summed E-state index contributed by atoms with van der Waals surface area (Å²) in [6, 6.07) is 16.2. The average molecular weight is 405 g/mol. The number of thioether (sulfide) groups is 1. The van der Waals surface area contributed by atoms with Gasteiger partial charge in [-0.3, -0.25) is 0 Å². The van der Waals surface area contributed by atoms with Crippen LogP contribution in [0.3, 0.4) is 0 Å². The summed E-state index contributed by atoms with van der Waals surface area (Å²) in [6.45, 7) is 1.74. The highest BCUT2D eigenvalue weighted by Gasteiger charge is 2.24. The van der Waals surface area contributed by atoms with Crippen LogP contribution >= 0.6 is 24.0 Å². The van der Waals surface area contributed by atoms with Crippen molar-refractivity contribution in [2.45, 2.75) is 16.8 Å². The van der Waals surface area contributed by atoms with Gasteiger partial charge < -0.3 is 15.0 Å². The van der Waals surface area contributed by atoms with Crippen LogP contribution in [0.25, 0.3) is 0 Å². The molecule has 0 radical (unpaired) electrons. The Morgan fingerprint density at radius 3 is 2.78 bits per heavy atom. The van der Waals surface area contributed by atoms with Crippen molar-refractivity contribution in [1.82, 2.24) is 4.90 Å². The van der Waals surface area contributed by atoms with E-state index in [0.717, 1.165) is 11.3 Å². The van der Waals surface area contributed by atoms with Crippen molar-refractivity contribution >= 4 is 34.8 Å². The molecule has 8 heteroatoms. The quantitative estimate of drug-likeness (QED) is 0.591. The number of nitrogens with one attached hydrogen (secondary N) is 1. The monoisotopic (exact) mass is 405 g/mol. The Morgan fingerprint density at radius 1 is 1.30 bits per heavy atom. The number of nitriles is 1. The fourth-order valence-electron chi connectivity index (χ4n) is 2.77. The molecule has 1 heterocycles. The first-order chi connectivity index (χ1) is 13.0. The molecule has 1 saturated heterocycles. The molecule has 1 aliphatic rings. The Morgan fingerprint density at radius 2 is 2.07 bits per heavy atom. The summed E-state index contributed by atoms with van der Waals surface area (Å²) in [5.41, 5.74) is 2.28. The first kappa shape index (κ1) is 19.5. The Hall–Kier alpha value is -2.21. The minimum absolute atomic E-state index is 0.170. The summed E-state index contributed by atoms with van der Waals surface area (Å²) in [5.74, 6) is -2.44. The predicted molar refractivity (Wildman–Crippen MR) is 106 cm³/mol. The smallest absolute Gasteiger partial charge is 0.288 e. The predicted octanol–water partition coefficient (Wildman–Crippen LogP) is 4.64. The van der Waals surface area contributed by atoms with Gasteiger partial charge in [-0.15, -0.1) is 0 Å². The second-order valence-electron chi connectivity index (χ2n) is 5.88. The van der Waals surface area contributed by atoms with Crippen LogP contribution < -0.4 is 5.32 Å². The van der Waals surface area contributed by atoms with Crippen LogP contribution in [-0.2, 0) is 4.74 Å². The van der Waals surface area contributed by atoms with Crippen LogP contribution in [0.15, 0.2) is 53.4 Å². The van der Waals surface area contributed by atoms with Crippen molar-refractivity contribution in [1.29, 1.82) is 5.26 Å². The second-order valence-corrected chi connectivity index (χ2v) is 7.33. The lowest BCUT2D eigenvalue weighted by Crippen LogP contribution is -2.44. The molecule has 2 aromatic carbocycles. The van der Waals surface area contributed by atoms with Crippen LogP contribution in [0, 0.1) is 11.3 Å². The van der Waals surface area contributed by atoms with Crippen LogP contribution in [0.1, 0.15) is 17.2 Å². The second kappa shape index (κ2) is 9.13. The Bertz CT molecular complexity index is 840. The molecule has 1 unspecified atom stereocenters. The zero-order valence-corrected chi connectivity index (χ0v) is 15.9. The third kappa shape index (κ3) is 5.39. The van der Waals surface area contributed by atoms with Crippen molar-refractivity contribution in [2.75, 3.05) is 25.0 Å². The maximum Gasteiger partial charge on any atom is 0.288 e. The molecule has 2 aromatic rings. The summed E-state index contributed by atoms with van der Waals surface area (Å²) in [6.07, 6.45) is -0.170. The van der Waals surface area contributed by atoms with Gasteiger partial charge in [0.05, 0.1) is 24.8 Å². The van der Waals surface area contributed by atoms with Gasteiger partial charge in [0.2, 0.25) is 0 Å². The molecule has 1 aliphatic heterocycles. The van der Waals surface area contributed by atoms with E-state index in [-0.39, 0.29) is 6.10 Å². The van der Waals surface area contributed by atoms with E-state index in [2.05, 4.69) is 11.4 Å². The fraction of sp³-hybridized carbons (Fsp3) is 0.263. The molecule has 3 rings (SSSR count). The summed E-state index contributed by atoms with van der Waals surface area (Å²) in [7, 11) is 0. The molecule has 0 bridgehead atoms. The number of halogens is 2. The average Bonchev–Trinajstić information content (AvgIpc) is 2.69. The SMILES string of the molecule is N#Cc1cccc(C2CN(C(=S)Nc3ccc(SC(F)F)cc3)CCO2)c1.